The molecule has 0 saturated carbocycles. The van der Waals surface area contributed by atoms with Crippen molar-refractivity contribution in [1.29, 1.82) is 0 Å². The Morgan fingerprint density at radius 2 is 1.90 bits per heavy atom. The van der Waals surface area contributed by atoms with Crippen molar-refractivity contribution in [2.24, 2.45) is 5.73 Å². The lowest BCUT2D eigenvalue weighted by Crippen LogP contribution is -2.54. The van der Waals surface area contributed by atoms with Gasteiger partial charge < -0.3 is 10.5 Å². The van der Waals surface area contributed by atoms with Crippen LogP contribution in [0.2, 0.25) is 0 Å². The highest BCUT2D eigenvalue weighted by Crippen LogP contribution is 2.24. The fourth-order valence-electron chi connectivity index (χ4n) is 2.91. The van der Waals surface area contributed by atoms with Crippen molar-refractivity contribution < 1.29 is 4.74 Å². The number of hydrogen-bond acceptors (Lipinski definition) is 5. The first-order valence-corrected chi connectivity index (χ1v) is 7.65. The van der Waals surface area contributed by atoms with Gasteiger partial charge >= 0.3 is 0 Å². The summed E-state index contributed by atoms with van der Waals surface area (Å²) in [6.45, 7) is 11.7. The second kappa shape index (κ2) is 6.73. The van der Waals surface area contributed by atoms with E-state index < -0.39 is 0 Å². The second-order valence-electron chi connectivity index (χ2n) is 6.58. The third-order valence-corrected chi connectivity index (χ3v) is 4.28. The molecule has 118 valence electrons. The number of rotatable bonds is 4. The molecular weight excluding hydrogens is 264 g/mol. The summed E-state index contributed by atoms with van der Waals surface area (Å²) in [5.41, 5.74) is 7.42. The second-order valence-corrected chi connectivity index (χ2v) is 6.58. The molecule has 1 saturated heterocycles. The normalized spacial score (nSPS) is 19.5. The fourth-order valence-corrected chi connectivity index (χ4v) is 2.91. The van der Waals surface area contributed by atoms with Gasteiger partial charge in [-0.2, -0.15) is 0 Å². The van der Waals surface area contributed by atoms with Crippen molar-refractivity contribution in [2.75, 3.05) is 39.8 Å². The third kappa shape index (κ3) is 3.93. The Hall–Kier alpha value is -1.17. The lowest BCUT2D eigenvalue weighted by Gasteiger charge is -2.44. The predicted octanol–water partition coefficient (Wildman–Crippen LogP) is 1.51. The van der Waals surface area contributed by atoms with E-state index in [1.54, 1.807) is 7.11 Å². The van der Waals surface area contributed by atoms with Crippen molar-refractivity contribution in [2.45, 2.75) is 32.4 Å². The molecule has 2 N–H and O–H groups in total. The quantitative estimate of drug-likeness (QED) is 0.911. The number of hydrogen-bond donors (Lipinski definition) is 1. The first-order chi connectivity index (χ1) is 9.95. The van der Waals surface area contributed by atoms with Gasteiger partial charge in [0, 0.05) is 56.6 Å². The Kier molecular flexibility index (Phi) is 5.19. The van der Waals surface area contributed by atoms with Crippen LogP contribution in [0.25, 0.3) is 0 Å². The van der Waals surface area contributed by atoms with Crippen LogP contribution in [0.1, 0.15) is 32.4 Å². The van der Waals surface area contributed by atoms with Gasteiger partial charge in [-0.3, -0.25) is 9.80 Å². The molecule has 1 atom stereocenters. The van der Waals surface area contributed by atoms with Crippen molar-refractivity contribution in [1.82, 2.24) is 14.8 Å². The number of methoxy groups -OCH3 is 1. The van der Waals surface area contributed by atoms with Crippen LogP contribution in [0.15, 0.2) is 18.3 Å². The molecule has 1 fully saturated rings. The number of aromatic nitrogens is 1. The molecule has 1 unspecified atom stereocenters. The van der Waals surface area contributed by atoms with E-state index in [2.05, 4.69) is 41.6 Å². The Morgan fingerprint density at radius 1 is 1.24 bits per heavy atom. The van der Waals surface area contributed by atoms with Crippen molar-refractivity contribution in [3.8, 4) is 5.88 Å². The van der Waals surface area contributed by atoms with E-state index in [4.69, 9.17) is 10.5 Å². The van der Waals surface area contributed by atoms with Crippen LogP contribution in [0, 0.1) is 0 Å². The molecule has 0 radical (unpaired) electrons. The summed E-state index contributed by atoms with van der Waals surface area (Å²) < 4.78 is 5.12. The van der Waals surface area contributed by atoms with Crippen LogP contribution in [0.5, 0.6) is 5.88 Å². The molecule has 0 aliphatic carbocycles. The van der Waals surface area contributed by atoms with Crippen LogP contribution in [0.4, 0.5) is 0 Å². The summed E-state index contributed by atoms with van der Waals surface area (Å²) in [5, 5.41) is 0. The molecule has 0 spiro atoms. The van der Waals surface area contributed by atoms with Gasteiger partial charge in [0.1, 0.15) is 0 Å². The van der Waals surface area contributed by atoms with Crippen LogP contribution in [-0.4, -0.2) is 60.2 Å². The highest BCUT2D eigenvalue weighted by molar-refractivity contribution is 5.21. The van der Waals surface area contributed by atoms with E-state index in [-0.39, 0.29) is 11.6 Å². The lowest BCUT2D eigenvalue weighted by atomic mass is 10.0. The molecule has 1 aromatic rings. The van der Waals surface area contributed by atoms with E-state index in [9.17, 15) is 0 Å². The lowest BCUT2D eigenvalue weighted by molar-refractivity contribution is 0.0432. The smallest absolute Gasteiger partial charge is 0.212 e. The average Bonchev–Trinajstić information content (AvgIpc) is 2.48. The van der Waals surface area contributed by atoms with Gasteiger partial charge in [0.15, 0.2) is 0 Å². The molecule has 0 aromatic carbocycles. The Bertz CT molecular complexity index is 433. The van der Waals surface area contributed by atoms with E-state index >= 15 is 0 Å². The zero-order valence-electron chi connectivity index (χ0n) is 13.7. The molecule has 1 aliphatic heterocycles. The summed E-state index contributed by atoms with van der Waals surface area (Å²) in [6, 6.07) is 4.22. The van der Waals surface area contributed by atoms with E-state index in [0.29, 0.717) is 12.4 Å². The van der Waals surface area contributed by atoms with E-state index in [1.165, 1.54) is 5.56 Å². The standard InChI is InChI=1S/C16H28N4O/c1-16(2,3)20-9-7-19(8-10-20)14(11-17)13-5-6-15(21-4)18-12-13/h5-6,12,14H,7-11,17H2,1-4H3. The molecular formula is C16H28N4O. The SMILES string of the molecule is COc1ccc(C(CN)N2CCN(C(C)(C)C)CC2)cn1. The van der Waals surface area contributed by atoms with Crippen LogP contribution in [-0.2, 0) is 0 Å². The van der Waals surface area contributed by atoms with Gasteiger partial charge in [-0.15, -0.1) is 0 Å². The highest BCUT2D eigenvalue weighted by atomic mass is 16.5. The molecule has 0 bridgehead atoms. The van der Waals surface area contributed by atoms with Crippen molar-refractivity contribution >= 4 is 0 Å². The number of pyridine rings is 1. The van der Waals surface area contributed by atoms with Gasteiger partial charge in [-0.25, -0.2) is 4.98 Å². The van der Waals surface area contributed by atoms with Crippen LogP contribution >= 0.6 is 0 Å². The molecule has 1 aliphatic rings. The molecule has 1 aromatic heterocycles. The molecule has 5 heteroatoms. The minimum Gasteiger partial charge on any atom is -0.481 e. The fraction of sp³-hybridized carbons (Fsp3) is 0.688. The number of nitrogens with zero attached hydrogens (tertiary/aromatic N) is 3. The molecule has 21 heavy (non-hydrogen) atoms. The van der Waals surface area contributed by atoms with Crippen molar-refractivity contribution in [3.05, 3.63) is 23.9 Å². The van der Waals surface area contributed by atoms with Gasteiger partial charge in [-0.05, 0) is 26.3 Å². The monoisotopic (exact) mass is 292 g/mol. The Morgan fingerprint density at radius 3 is 2.33 bits per heavy atom. The zero-order valence-corrected chi connectivity index (χ0v) is 13.7. The summed E-state index contributed by atoms with van der Waals surface area (Å²) in [7, 11) is 1.63. The topological polar surface area (TPSA) is 54.6 Å². The third-order valence-electron chi connectivity index (χ3n) is 4.28. The molecule has 2 heterocycles. The maximum absolute atomic E-state index is 6.01. The Balaban J connectivity index is 2.02. The highest BCUT2D eigenvalue weighted by Gasteiger charge is 2.29. The predicted molar refractivity (Wildman–Crippen MR) is 85.5 cm³/mol. The van der Waals surface area contributed by atoms with Crippen LogP contribution in [0.3, 0.4) is 0 Å². The minimum absolute atomic E-state index is 0.241. The maximum atomic E-state index is 6.01. The van der Waals surface area contributed by atoms with Crippen LogP contribution < -0.4 is 10.5 Å². The van der Waals surface area contributed by atoms with Gasteiger partial charge in [0.2, 0.25) is 5.88 Å². The summed E-state index contributed by atoms with van der Waals surface area (Å²) in [6.07, 6.45) is 1.88. The van der Waals surface area contributed by atoms with Crippen molar-refractivity contribution in [3.63, 3.8) is 0 Å². The zero-order chi connectivity index (χ0) is 15.5. The molecule has 5 nitrogen and oxygen atoms in total. The van der Waals surface area contributed by atoms with E-state index in [1.807, 2.05) is 12.3 Å². The Labute approximate surface area is 128 Å². The van der Waals surface area contributed by atoms with Gasteiger partial charge in [0.25, 0.3) is 0 Å². The first-order valence-electron chi connectivity index (χ1n) is 7.65. The number of piperazine rings is 1. The summed E-state index contributed by atoms with van der Waals surface area (Å²) >= 11 is 0. The van der Waals surface area contributed by atoms with Gasteiger partial charge in [-0.1, -0.05) is 6.07 Å². The first kappa shape index (κ1) is 16.2. The molecule has 2 rings (SSSR count). The summed E-state index contributed by atoms with van der Waals surface area (Å²) in [4.78, 5) is 9.30. The van der Waals surface area contributed by atoms with Gasteiger partial charge in [0.05, 0.1) is 7.11 Å². The summed E-state index contributed by atoms with van der Waals surface area (Å²) in [5.74, 6) is 0.645. The number of nitrogens with two attached hydrogens (primary N) is 1. The number of ether oxygens (including phenoxy) is 1. The molecule has 0 amide bonds. The largest absolute Gasteiger partial charge is 0.481 e. The minimum atomic E-state index is 0.241. The average molecular weight is 292 g/mol. The van der Waals surface area contributed by atoms with E-state index in [0.717, 1.165) is 26.2 Å². The maximum Gasteiger partial charge on any atom is 0.212 e.